The third kappa shape index (κ3) is 6.03. The van der Waals surface area contributed by atoms with E-state index in [4.69, 9.17) is 27.9 Å². The van der Waals surface area contributed by atoms with Gasteiger partial charge in [-0.2, -0.15) is 5.26 Å². The number of esters is 1. The Bertz CT molecular complexity index is 1450. The number of hydrogen-bond acceptors (Lipinski definition) is 6. The van der Waals surface area contributed by atoms with Gasteiger partial charge in [-0.3, -0.25) is 14.5 Å². The lowest BCUT2D eigenvalue weighted by Crippen LogP contribution is -2.30. The maximum Gasteiger partial charge on any atom is 0.338 e. The lowest BCUT2D eigenvalue weighted by atomic mass is 10.1. The van der Waals surface area contributed by atoms with Crippen LogP contribution < -0.4 is 10.2 Å². The highest BCUT2D eigenvalue weighted by Crippen LogP contribution is 2.42. The number of ether oxygens (including phenoxy) is 1. The van der Waals surface area contributed by atoms with Crippen LogP contribution in [0, 0.1) is 11.3 Å². The molecule has 1 aliphatic heterocycles. The van der Waals surface area contributed by atoms with E-state index >= 15 is 0 Å². The molecular weight excluding hydrogens is 545 g/mol. The second-order valence-corrected chi connectivity index (χ2v) is 10.1. The van der Waals surface area contributed by atoms with E-state index in [0.717, 1.165) is 17.3 Å². The van der Waals surface area contributed by atoms with E-state index in [0.29, 0.717) is 27.0 Å². The Balaban J connectivity index is 1.65. The standard InChI is InChI=1S/C28H21Cl2N3O4S/c1-2-37-28(36)17-9-12-20(13-10-17)32-25(34)22(16-31)27-33(21-6-4-3-5-7-21)26(35)24(38-27)14-18-8-11-19(29)15-23(18)30/h3-13,15,24H,2,14H2,1H3,(H,32,34)/b27-22-/t24-/m1/s1. The lowest BCUT2D eigenvalue weighted by molar-refractivity contribution is -0.117. The number of nitrogens with zero attached hydrogens (tertiary/aromatic N) is 2. The van der Waals surface area contributed by atoms with Crippen molar-refractivity contribution in [2.75, 3.05) is 16.8 Å². The number of halogens is 2. The van der Waals surface area contributed by atoms with Crippen molar-refractivity contribution in [2.45, 2.75) is 18.6 Å². The number of rotatable bonds is 7. The average molecular weight is 566 g/mol. The molecule has 0 bridgehead atoms. The summed E-state index contributed by atoms with van der Waals surface area (Å²) in [6.07, 6.45) is 0.280. The molecule has 0 radical (unpaired) electrons. The number of para-hydroxylation sites is 1. The zero-order valence-corrected chi connectivity index (χ0v) is 22.4. The van der Waals surface area contributed by atoms with E-state index in [-0.39, 0.29) is 29.5 Å². The summed E-state index contributed by atoms with van der Waals surface area (Å²) in [5, 5.41) is 13.2. The van der Waals surface area contributed by atoms with Crippen molar-refractivity contribution >= 4 is 64.1 Å². The van der Waals surface area contributed by atoms with Gasteiger partial charge in [0.15, 0.2) is 0 Å². The first-order chi connectivity index (χ1) is 18.3. The Morgan fingerprint density at radius 1 is 1.08 bits per heavy atom. The summed E-state index contributed by atoms with van der Waals surface area (Å²) in [4.78, 5) is 40.1. The average Bonchev–Trinajstić information content (AvgIpc) is 3.22. The molecule has 0 unspecified atom stereocenters. The monoisotopic (exact) mass is 565 g/mol. The summed E-state index contributed by atoms with van der Waals surface area (Å²) in [6, 6.07) is 22.0. The molecule has 38 heavy (non-hydrogen) atoms. The van der Waals surface area contributed by atoms with Crippen molar-refractivity contribution in [3.8, 4) is 6.07 Å². The molecule has 1 N–H and O–H groups in total. The first-order valence-corrected chi connectivity index (χ1v) is 13.2. The van der Waals surface area contributed by atoms with Gasteiger partial charge in [0.05, 0.1) is 17.4 Å². The SMILES string of the molecule is CCOC(=O)c1ccc(NC(=O)/C(C#N)=C2\S[C@H](Cc3ccc(Cl)cc3Cl)C(=O)N2c2ccccc2)cc1. The predicted octanol–water partition coefficient (Wildman–Crippen LogP) is 6.24. The highest BCUT2D eigenvalue weighted by atomic mass is 35.5. The van der Waals surface area contributed by atoms with Gasteiger partial charge in [0.1, 0.15) is 16.7 Å². The molecule has 0 aromatic heterocycles. The Morgan fingerprint density at radius 3 is 2.42 bits per heavy atom. The molecule has 1 aliphatic rings. The predicted molar refractivity (Wildman–Crippen MR) is 149 cm³/mol. The van der Waals surface area contributed by atoms with Crippen LogP contribution in [0.1, 0.15) is 22.8 Å². The van der Waals surface area contributed by atoms with Crippen LogP contribution in [0.15, 0.2) is 83.4 Å². The number of amides is 2. The molecule has 7 nitrogen and oxygen atoms in total. The van der Waals surface area contributed by atoms with Gasteiger partial charge in [-0.1, -0.05) is 59.2 Å². The summed E-state index contributed by atoms with van der Waals surface area (Å²) in [6.45, 7) is 1.96. The van der Waals surface area contributed by atoms with Crippen molar-refractivity contribution in [3.05, 3.63) is 105 Å². The molecule has 0 spiro atoms. The van der Waals surface area contributed by atoms with Gasteiger partial charge < -0.3 is 10.1 Å². The second-order valence-electron chi connectivity index (χ2n) is 8.10. The molecule has 192 valence electrons. The van der Waals surface area contributed by atoms with Crippen LogP contribution in [0.3, 0.4) is 0 Å². The Labute approximate surface area is 234 Å². The highest BCUT2D eigenvalue weighted by molar-refractivity contribution is 8.05. The van der Waals surface area contributed by atoms with Crippen molar-refractivity contribution in [1.29, 1.82) is 5.26 Å². The molecule has 3 aromatic rings. The van der Waals surface area contributed by atoms with Crippen molar-refractivity contribution < 1.29 is 19.1 Å². The molecule has 1 saturated heterocycles. The number of benzene rings is 3. The van der Waals surface area contributed by atoms with Gasteiger partial charge >= 0.3 is 5.97 Å². The Hall–Kier alpha value is -3.77. The van der Waals surface area contributed by atoms with Gasteiger partial charge in [0.2, 0.25) is 5.91 Å². The minimum atomic E-state index is -0.683. The largest absolute Gasteiger partial charge is 0.462 e. The summed E-state index contributed by atoms with van der Waals surface area (Å²) in [7, 11) is 0. The zero-order chi connectivity index (χ0) is 27.2. The van der Waals surface area contributed by atoms with Gasteiger partial charge in [0.25, 0.3) is 5.91 Å². The van der Waals surface area contributed by atoms with E-state index < -0.39 is 17.1 Å². The van der Waals surface area contributed by atoms with E-state index in [1.807, 2.05) is 12.1 Å². The molecule has 0 aliphatic carbocycles. The minimum absolute atomic E-state index is 0.216. The van der Waals surface area contributed by atoms with Crippen molar-refractivity contribution in [1.82, 2.24) is 0 Å². The van der Waals surface area contributed by atoms with Crippen LogP contribution in [0.2, 0.25) is 10.0 Å². The number of nitrogens with one attached hydrogen (secondary N) is 1. The van der Waals surface area contributed by atoms with Crippen LogP contribution >= 0.6 is 35.0 Å². The molecule has 1 heterocycles. The molecule has 4 rings (SSSR count). The Morgan fingerprint density at radius 2 is 1.79 bits per heavy atom. The summed E-state index contributed by atoms with van der Waals surface area (Å²) in [5.41, 5.74) is 1.75. The number of nitriles is 1. The third-order valence-electron chi connectivity index (χ3n) is 5.59. The van der Waals surface area contributed by atoms with Gasteiger partial charge in [-0.05, 0) is 67.4 Å². The molecule has 3 aromatic carbocycles. The van der Waals surface area contributed by atoms with Crippen molar-refractivity contribution in [2.24, 2.45) is 0 Å². The van der Waals surface area contributed by atoms with Gasteiger partial charge in [0, 0.05) is 21.4 Å². The molecule has 2 amide bonds. The second kappa shape index (κ2) is 12.2. The quantitative estimate of drug-likeness (QED) is 0.207. The number of thioether (sulfide) groups is 1. The van der Waals surface area contributed by atoms with E-state index in [1.54, 1.807) is 49.4 Å². The molecule has 1 atom stereocenters. The fourth-order valence-electron chi connectivity index (χ4n) is 3.78. The third-order valence-corrected chi connectivity index (χ3v) is 7.44. The highest BCUT2D eigenvalue weighted by Gasteiger charge is 2.41. The van der Waals surface area contributed by atoms with E-state index in [1.165, 1.54) is 29.2 Å². The smallest absolute Gasteiger partial charge is 0.338 e. The number of hydrogen-bond donors (Lipinski definition) is 1. The fourth-order valence-corrected chi connectivity index (χ4v) is 5.56. The summed E-state index contributed by atoms with van der Waals surface area (Å²) >= 11 is 13.5. The van der Waals surface area contributed by atoms with Crippen LogP contribution in [0.25, 0.3) is 0 Å². The first-order valence-electron chi connectivity index (χ1n) is 11.5. The van der Waals surface area contributed by atoms with E-state index in [9.17, 15) is 19.6 Å². The first kappa shape index (κ1) is 27.3. The lowest BCUT2D eigenvalue weighted by Gasteiger charge is -2.18. The maximum atomic E-state index is 13.6. The van der Waals surface area contributed by atoms with Crippen LogP contribution in [0.4, 0.5) is 11.4 Å². The van der Waals surface area contributed by atoms with Crippen LogP contribution in [-0.2, 0) is 20.7 Å². The van der Waals surface area contributed by atoms with E-state index in [2.05, 4.69) is 5.32 Å². The molecule has 0 saturated carbocycles. The maximum absolute atomic E-state index is 13.6. The topological polar surface area (TPSA) is 99.5 Å². The van der Waals surface area contributed by atoms with Crippen LogP contribution in [-0.4, -0.2) is 29.6 Å². The Kier molecular flexibility index (Phi) is 8.74. The molecular formula is C28H21Cl2N3O4S. The molecule has 1 fully saturated rings. The number of carbonyl (C=O) groups excluding carboxylic acids is 3. The van der Waals surface area contributed by atoms with Gasteiger partial charge in [-0.15, -0.1) is 0 Å². The zero-order valence-electron chi connectivity index (χ0n) is 20.1. The number of carbonyl (C=O) groups is 3. The normalized spacial score (nSPS) is 16.1. The van der Waals surface area contributed by atoms with Crippen molar-refractivity contribution in [3.63, 3.8) is 0 Å². The number of anilines is 2. The van der Waals surface area contributed by atoms with Gasteiger partial charge in [-0.25, -0.2) is 4.79 Å². The summed E-state index contributed by atoms with van der Waals surface area (Å²) in [5.74, 6) is -1.43. The summed E-state index contributed by atoms with van der Waals surface area (Å²) < 4.78 is 4.97. The minimum Gasteiger partial charge on any atom is -0.462 e. The van der Waals surface area contributed by atoms with Crippen LogP contribution in [0.5, 0.6) is 0 Å². The fraction of sp³-hybridized carbons (Fsp3) is 0.143. The molecule has 10 heteroatoms.